The van der Waals surface area contributed by atoms with Crippen LogP contribution >= 0.6 is 15.9 Å². The minimum absolute atomic E-state index is 0.159. The number of nitrogens with one attached hydrogen (secondary N) is 1. The van der Waals surface area contributed by atoms with Crippen LogP contribution in [0.3, 0.4) is 0 Å². The van der Waals surface area contributed by atoms with Crippen LogP contribution in [-0.4, -0.2) is 30.5 Å². The molecular formula is C17H18BrN3O. The van der Waals surface area contributed by atoms with Crippen molar-refractivity contribution in [3.05, 3.63) is 59.0 Å². The standard InChI is InChI=1S/C17H18BrN3O/c1-21(2)14(15-7-4-10-22-15)11-19-16-9-8-12-5-3-6-13(18)17(12)20-16/h3-10,14H,11H2,1-2H3,(H,19,20). The highest BCUT2D eigenvalue weighted by molar-refractivity contribution is 9.10. The molecule has 22 heavy (non-hydrogen) atoms. The fourth-order valence-electron chi connectivity index (χ4n) is 2.43. The lowest BCUT2D eigenvalue weighted by atomic mass is 10.2. The van der Waals surface area contributed by atoms with Gasteiger partial charge >= 0.3 is 0 Å². The van der Waals surface area contributed by atoms with Crippen LogP contribution in [0.25, 0.3) is 10.9 Å². The number of likely N-dealkylation sites (N-methyl/N-ethyl adjacent to an activating group) is 1. The van der Waals surface area contributed by atoms with Crippen molar-refractivity contribution >= 4 is 32.7 Å². The number of anilines is 1. The van der Waals surface area contributed by atoms with Gasteiger partial charge in [-0.1, -0.05) is 12.1 Å². The minimum atomic E-state index is 0.159. The molecule has 1 N–H and O–H groups in total. The van der Waals surface area contributed by atoms with Gasteiger partial charge in [0.15, 0.2) is 0 Å². The Balaban J connectivity index is 1.79. The maximum Gasteiger partial charge on any atom is 0.126 e. The molecule has 0 aliphatic carbocycles. The van der Waals surface area contributed by atoms with Crippen LogP contribution in [0.4, 0.5) is 5.82 Å². The average Bonchev–Trinajstić information content (AvgIpc) is 3.02. The van der Waals surface area contributed by atoms with E-state index in [1.54, 1.807) is 6.26 Å². The third kappa shape index (κ3) is 3.15. The lowest BCUT2D eigenvalue weighted by molar-refractivity contribution is 0.269. The second-order valence-electron chi connectivity index (χ2n) is 5.38. The van der Waals surface area contributed by atoms with Crippen LogP contribution in [0, 0.1) is 0 Å². The van der Waals surface area contributed by atoms with Crippen LogP contribution in [0.5, 0.6) is 0 Å². The summed E-state index contributed by atoms with van der Waals surface area (Å²) in [5, 5.41) is 4.52. The first-order chi connectivity index (χ1) is 10.6. The summed E-state index contributed by atoms with van der Waals surface area (Å²) in [5.74, 6) is 1.80. The molecule has 0 bridgehead atoms. The number of hydrogen-bond acceptors (Lipinski definition) is 4. The number of para-hydroxylation sites is 1. The SMILES string of the molecule is CN(C)C(CNc1ccc2cccc(Br)c2n1)c1ccco1. The summed E-state index contributed by atoms with van der Waals surface area (Å²) >= 11 is 3.55. The van der Waals surface area contributed by atoms with Gasteiger partial charge in [0.05, 0.1) is 17.8 Å². The Bertz CT molecular complexity index is 756. The van der Waals surface area contributed by atoms with E-state index in [0.29, 0.717) is 0 Å². The Morgan fingerprint density at radius 1 is 1.18 bits per heavy atom. The summed E-state index contributed by atoms with van der Waals surface area (Å²) in [6.45, 7) is 0.726. The number of hydrogen-bond donors (Lipinski definition) is 1. The van der Waals surface area contributed by atoms with Crippen molar-refractivity contribution < 1.29 is 4.42 Å². The van der Waals surface area contributed by atoms with Crippen LogP contribution in [0.15, 0.2) is 57.6 Å². The van der Waals surface area contributed by atoms with E-state index in [-0.39, 0.29) is 6.04 Å². The summed E-state index contributed by atoms with van der Waals surface area (Å²) in [5.41, 5.74) is 0.965. The van der Waals surface area contributed by atoms with Crippen molar-refractivity contribution in [3.8, 4) is 0 Å². The van der Waals surface area contributed by atoms with Crippen molar-refractivity contribution in [1.29, 1.82) is 0 Å². The number of furan rings is 1. The third-order valence-corrected chi connectivity index (χ3v) is 4.28. The fraction of sp³-hybridized carbons (Fsp3) is 0.235. The predicted octanol–water partition coefficient (Wildman–Crippen LogP) is 4.31. The van der Waals surface area contributed by atoms with Crippen LogP contribution in [0.2, 0.25) is 0 Å². The van der Waals surface area contributed by atoms with Crippen molar-refractivity contribution in [3.63, 3.8) is 0 Å². The highest BCUT2D eigenvalue weighted by atomic mass is 79.9. The number of aromatic nitrogens is 1. The number of rotatable bonds is 5. The van der Waals surface area contributed by atoms with Crippen molar-refractivity contribution in [2.45, 2.75) is 6.04 Å². The van der Waals surface area contributed by atoms with E-state index in [9.17, 15) is 0 Å². The second kappa shape index (κ2) is 6.50. The van der Waals surface area contributed by atoms with E-state index in [1.165, 1.54) is 0 Å². The van der Waals surface area contributed by atoms with Gasteiger partial charge in [-0.15, -0.1) is 0 Å². The molecule has 1 atom stereocenters. The van der Waals surface area contributed by atoms with Gasteiger partial charge in [-0.2, -0.15) is 0 Å². The lowest BCUT2D eigenvalue weighted by Crippen LogP contribution is -2.26. The zero-order valence-corrected chi connectivity index (χ0v) is 14.2. The van der Waals surface area contributed by atoms with Gasteiger partial charge in [0.25, 0.3) is 0 Å². The molecule has 1 unspecified atom stereocenters. The quantitative estimate of drug-likeness (QED) is 0.736. The molecule has 0 fully saturated rings. The average molecular weight is 360 g/mol. The van der Waals surface area contributed by atoms with Gasteiger partial charge in [0.2, 0.25) is 0 Å². The Hall–Kier alpha value is -1.85. The van der Waals surface area contributed by atoms with Gasteiger partial charge in [-0.25, -0.2) is 4.98 Å². The summed E-state index contributed by atoms with van der Waals surface area (Å²) in [6.07, 6.45) is 1.71. The molecule has 0 amide bonds. The zero-order chi connectivity index (χ0) is 15.5. The van der Waals surface area contributed by atoms with Crippen molar-refractivity contribution in [2.75, 3.05) is 26.0 Å². The summed E-state index contributed by atoms with van der Waals surface area (Å²) in [4.78, 5) is 6.81. The Kier molecular flexibility index (Phi) is 4.45. The first-order valence-electron chi connectivity index (χ1n) is 7.14. The number of halogens is 1. The van der Waals surface area contributed by atoms with Crippen LogP contribution < -0.4 is 5.32 Å². The molecular weight excluding hydrogens is 342 g/mol. The summed E-state index contributed by atoms with van der Waals surface area (Å²) in [6, 6.07) is 14.2. The van der Waals surface area contributed by atoms with Crippen molar-refractivity contribution in [2.24, 2.45) is 0 Å². The Morgan fingerprint density at radius 2 is 2.05 bits per heavy atom. The van der Waals surface area contributed by atoms with Gasteiger partial charge in [-0.3, -0.25) is 4.90 Å². The molecule has 1 aromatic carbocycles. The van der Waals surface area contributed by atoms with E-state index in [1.807, 2.05) is 44.4 Å². The number of fused-ring (bicyclic) bond motifs is 1. The van der Waals surface area contributed by atoms with E-state index < -0.39 is 0 Å². The van der Waals surface area contributed by atoms with Crippen LogP contribution in [0.1, 0.15) is 11.8 Å². The maximum absolute atomic E-state index is 5.53. The van der Waals surface area contributed by atoms with E-state index in [0.717, 1.165) is 33.5 Å². The molecule has 0 aliphatic heterocycles. The molecule has 0 radical (unpaired) electrons. The molecule has 3 aromatic rings. The molecule has 0 aliphatic rings. The normalized spacial score (nSPS) is 12.7. The van der Waals surface area contributed by atoms with Crippen LogP contribution in [-0.2, 0) is 0 Å². The number of benzene rings is 1. The number of pyridine rings is 1. The highest BCUT2D eigenvalue weighted by Gasteiger charge is 2.16. The first-order valence-corrected chi connectivity index (χ1v) is 7.93. The molecule has 0 spiro atoms. The molecule has 5 heteroatoms. The largest absolute Gasteiger partial charge is 0.468 e. The molecule has 2 heterocycles. The first kappa shape index (κ1) is 15.1. The van der Waals surface area contributed by atoms with Gasteiger partial charge in [0.1, 0.15) is 11.6 Å². The van der Waals surface area contributed by atoms with E-state index in [4.69, 9.17) is 4.42 Å². The van der Waals surface area contributed by atoms with Gasteiger partial charge < -0.3 is 9.73 Å². The fourth-order valence-corrected chi connectivity index (χ4v) is 2.90. The van der Waals surface area contributed by atoms with E-state index in [2.05, 4.69) is 43.3 Å². The minimum Gasteiger partial charge on any atom is -0.468 e. The zero-order valence-electron chi connectivity index (χ0n) is 12.6. The highest BCUT2D eigenvalue weighted by Crippen LogP contribution is 2.24. The topological polar surface area (TPSA) is 41.3 Å². The smallest absolute Gasteiger partial charge is 0.126 e. The second-order valence-corrected chi connectivity index (χ2v) is 6.24. The maximum atomic E-state index is 5.53. The van der Waals surface area contributed by atoms with Crippen molar-refractivity contribution in [1.82, 2.24) is 9.88 Å². The van der Waals surface area contributed by atoms with Gasteiger partial charge in [0, 0.05) is 16.4 Å². The molecule has 3 rings (SSSR count). The summed E-state index contributed by atoms with van der Waals surface area (Å²) in [7, 11) is 4.08. The third-order valence-electron chi connectivity index (χ3n) is 3.64. The monoisotopic (exact) mass is 359 g/mol. The van der Waals surface area contributed by atoms with E-state index >= 15 is 0 Å². The molecule has 0 saturated heterocycles. The summed E-state index contributed by atoms with van der Waals surface area (Å²) < 4.78 is 6.53. The number of nitrogens with zero attached hydrogens (tertiary/aromatic N) is 2. The molecule has 4 nitrogen and oxygen atoms in total. The molecule has 114 valence electrons. The molecule has 2 aromatic heterocycles. The van der Waals surface area contributed by atoms with Gasteiger partial charge in [-0.05, 0) is 60.4 Å². The Labute approximate surface area is 138 Å². The lowest BCUT2D eigenvalue weighted by Gasteiger charge is -2.22. The molecule has 0 saturated carbocycles. The Morgan fingerprint density at radius 3 is 2.77 bits per heavy atom. The predicted molar refractivity (Wildman–Crippen MR) is 93.1 cm³/mol.